The molecule has 1 heterocycles. The molecule has 1 amide bonds. The van der Waals surface area contributed by atoms with Crippen LogP contribution in [0.25, 0.3) is 0 Å². The normalized spacial score (nSPS) is 19.0. The summed E-state index contributed by atoms with van der Waals surface area (Å²) in [6, 6.07) is 4.05. The number of benzene rings is 1. The van der Waals surface area contributed by atoms with E-state index in [-0.39, 0.29) is 5.91 Å². The van der Waals surface area contributed by atoms with Crippen LogP contribution in [0, 0.1) is 12.8 Å². The van der Waals surface area contributed by atoms with Crippen LogP contribution in [0.2, 0.25) is 0 Å². The highest BCUT2D eigenvalue weighted by Crippen LogP contribution is 2.29. The van der Waals surface area contributed by atoms with Gasteiger partial charge in [0, 0.05) is 16.6 Å². The Morgan fingerprint density at radius 3 is 2.89 bits per heavy atom. The molecule has 1 aromatic carbocycles. The zero-order chi connectivity index (χ0) is 12.7. The lowest BCUT2D eigenvalue weighted by Crippen LogP contribution is -2.42. The summed E-state index contributed by atoms with van der Waals surface area (Å²) in [6.45, 7) is 3.61. The first-order chi connectivity index (χ1) is 8.65. The van der Waals surface area contributed by atoms with Crippen LogP contribution >= 0.6 is 15.9 Å². The van der Waals surface area contributed by atoms with E-state index in [0.717, 1.165) is 33.6 Å². The number of carbonyl (C=O) groups excluding carboxylic acids is 1. The minimum atomic E-state index is 0.120. The van der Waals surface area contributed by atoms with Crippen molar-refractivity contribution in [3.8, 4) is 0 Å². The minimum Gasteiger partial charge on any atom is -0.269 e. The van der Waals surface area contributed by atoms with Crippen molar-refractivity contribution >= 4 is 21.8 Å². The largest absolute Gasteiger partial charge is 0.269 e. The zero-order valence-corrected chi connectivity index (χ0v) is 12.1. The van der Waals surface area contributed by atoms with Crippen molar-refractivity contribution in [2.45, 2.75) is 32.7 Å². The van der Waals surface area contributed by atoms with Crippen molar-refractivity contribution in [2.24, 2.45) is 5.92 Å². The molecule has 3 rings (SSSR count). The molecule has 1 aliphatic heterocycles. The van der Waals surface area contributed by atoms with Crippen LogP contribution in [-0.2, 0) is 6.54 Å². The molecule has 0 unspecified atom stereocenters. The van der Waals surface area contributed by atoms with Gasteiger partial charge in [-0.1, -0.05) is 22.4 Å². The molecule has 1 fully saturated rings. The highest BCUT2D eigenvalue weighted by molar-refractivity contribution is 9.10. The van der Waals surface area contributed by atoms with Crippen LogP contribution in [0.4, 0.5) is 0 Å². The first kappa shape index (κ1) is 12.2. The van der Waals surface area contributed by atoms with Crippen LogP contribution in [0.15, 0.2) is 16.6 Å². The van der Waals surface area contributed by atoms with Gasteiger partial charge in [-0.15, -0.1) is 0 Å². The second kappa shape index (κ2) is 4.67. The van der Waals surface area contributed by atoms with Crippen molar-refractivity contribution < 1.29 is 4.79 Å². The monoisotopic (exact) mass is 308 g/mol. The topological polar surface area (TPSA) is 32.3 Å². The number of nitrogens with zero attached hydrogens (tertiary/aromatic N) is 1. The van der Waals surface area contributed by atoms with Crippen molar-refractivity contribution in [2.75, 3.05) is 6.54 Å². The summed E-state index contributed by atoms with van der Waals surface area (Å²) in [6.07, 6.45) is 3.94. The van der Waals surface area contributed by atoms with Crippen molar-refractivity contribution in [1.82, 2.24) is 10.4 Å². The second-order valence-electron chi connectivity index (χ2n) is 5.31. The van der Waals surface area contributed by atoms with Gasteiger partial charge in [-0.25, -0.2) is 5.43 Å². The van der Waals surface area contributed by atoms with E-state index in [0.29, 0.717) is 6.54 Å². The van der Waals surface area contributed by atoms with Gasteiger partial charge in [0.1, 0.15) is 0 Å². The van der Waals surface area contributed by atoms with E-state index < -0.39 is 0 Å². The lowest BCUT2D eigenvalue weighted by Gasteiger charge is -2.28. The highest BCUT2D eigenvalue weighted by Gasteiger charge is 2.30. The van der Waals surface area contributed by atoms with Crippen molar-refractivity contribution in [3.05, 3.63) is 33.3 Å². The fourth-order valence-electron chi connectivity index (χ4n) is 2.68. The number of hydrogen-bond donors (Lipinski definition) is 1. The van der Waals surface area contributed by atoms with Gasteiger partial charge < -0.3 is 0 Å². The first-order valence-corrected chi connectivity index (χ1v) is 7.29. The van der Waals surface area contributed by atoms with E-state index in [1.165, 1.54) is 19.3 Å². The Morgan fingerprint density at radius 2 is 2.22 bits per heavy atom. The number of hydrazine groups is 1. The average molecular weight is 309 g/mol. The number of amides is 1. The third-order valence-corrected chi connectivity index (χ3v) is 4.42. The van der Waals surface area contributed by atoms with E-state index in [1.54, 1.807) is 5.01 Å². The standard InChI is InChI=1S/C14H17BrN2O/c1-9-5-12(15)6-11-8-17(14(18)13(9)11)16-7-10-3-2-4-10/h5-6,10,16H,2-4,7-8H2,1H3. The number of carbonyl (C=O) groups is 1. The maximum Gasteiger partial charge on any atom is 0.268 e. The summed E-state index contributed by atoms with van der Waals surface area (Å²) < 4.78 is 1.05. The van der Waals surface area contributed by atoms with Gasteiger partial charge >= 0.3 is 0 Å². The molecule has 0 aromatic heterocycles. The maximum absolute atomic E-state index is 12.3. The van der Waals surface area contributed by atoms with Crippen LogP contribution < -0.4 is 5.43 Å². The Hall–Kier alpha value is -0.870. The van der Waals surface area contributed by atoms with Crippen LogP contribution in [0.3, 0.4) is 0 Å². The van der Waals surface area contributed by atoms with Crippen LogP contribution in [0.1, 0.15) is 40.7 Å². The van der Waals surface area contributed by atoms with Gasteiger partial charge in [-0.3, -0.25) is 9.80 Å². The Kier molecular flexibility index (Phi) is 3.16. The molecule has 1 aromatic rings. The van der Waals surface area contributed by atoms with E-state index in [2.05, 4.69) is 21.4 Å². The van der Waals surface area contributed by atoms with E-state index >= 15 is 0 Å². The first-order valence-electron chi connectivity index (χ1n) is 6.49. The Morgan fingerprint density at radius 1 is 1.44 bits per heavy atom. The molecule has 0 bridgehead atoms. The lowest BCUT2D eigenvalue weighted by molar-refractivity contribution is 0.0654. The highest BCUT2D eigenvalue weighted by atomic mass is 79.9. The third-order valence-electron chi connectivity index (χ3n) is 3.97. The molecule has 0 saturated heterocycles. The number of rotatable bonds is 3. The third kappa shape index (κ3) is 2.08. The summed E-state index contributed by atoms with van der Waals surface area (Å²) in [4.78, 5) is 12.3. The fourth-order valence-corrected chi connectivity index (χ4v) is 3.30. The molecule has 1 aliphatic carbocycles. The zero-order valence-electron chi connectivity index (χ0n) is 10.5. The van der Waals surface area contributed by atoms with E-state index in [1.807, 2.05) is 19.1 Å². The summed E-state index contributed by atoms with van der Waals surface area (Å²) in [5, 5.41) is 1.77. The van der Waals surface area contributed by atoms with E-state index in [4.69, 9.17) is 0 Å². The summed E-state index contributed by atoms with van der Waals surface area (Å²) >= 11 is 3.49. The van der Waals surface area contributed by atoms with Crippen molar-refractivity contribution in [3.63, 3.8) is 0 Å². The van der Waals surface area contributed by atoms with Gasteiger partial charge in [-0.2, -0.15) is 0 Å². The van der Waals surface area contributed by atoms with Crippen LogP contribution in [-0.4, -0.2) is 17.5 Å². The number of aryl methyl sites for hydroxylation is 1. The van der Waals surface area contributed by atoms with Gasteiger partial charge in [0.05, 0.1) is 6.54 Å². The molecule has 3 nitrogen and oxygen atoms in total. The van der Waals surface area contributed by atoms with Gasteiger partial charge in [0.15, 0.2) is 0 Å². The summed E-state index contributed by atoms with van der Waals surface area (Å²) in [5.41, 5.74) is 6.34. The maximum atomic E-state index is 12.3. The number of nitrogens with one attached hydrogen (secondary N) is 1. The molecule has 0 atom stereocenters. The molecule has 4 heteroatoms. The van der Waals surface area contributed by atoms with Crippen molar-refractivity contribution in [1.29, 1.82) is 0 Å². The predicted octanol–water partition coefficient (Wildman–Crippen LogP) is 3.02. The SMILES string of the molecule is Cc1cc(Br)cc2c1C(=O)N(NCC1CCC1)C2. The predicted molar refractivity (Wildman–Crippen MR) is 74.1 cm³/mol. The molecule has 0 spiro atoms. The van der Waals surface area contributed by atoms with Gasteiger partial charge in [0.2, 0.25) is 0 Å². The lowest BCUT2D eigenvalue weighted by atomic mass is 9.86. The average Bonchev–Trinajstić information content (AvgIpc) is 2.53. The summed E-state index contributed by atoms with van der Waals surface area (Å²) in [5.74, 6) is 0.878. The smallest absolute Gasteiger partial charge is 0.268 e. The number of fused-ring (bicyclic) bond motifs is 1. The molecule has 1 N–H and O–H groups in total. The molecule has 96 valence electrons. The van der Waals surface area contributed by atoms with Crippen LogP contribution in [0.5, 0.6) is 0 Å². The Labute approximate surface area is 116 Å². The summed E-state index contributed by atoms with van der Waals surface area (Å²) in [7, 11) is 0. The molecule has 0 radical (unpaired) electrons. The molecule has 2 aliphatic rings. The second-order valence-corrected chi connectivity index (χ2v) is 6.22. The number of hydrogen-bond acceptors (Lipinski definition) is 2. The molecular formula is C14H17BrN2O. The molecule has 18 heavy (non-hydrogen) atoms. The Balaban J connectivity index is 1.74. The van der Waals surface area contributed by atoms with Gasteiger partial charge in [-0.05, 0) is 48.9 Å². The Bertz CT molecular complexity index is 497. The van der Waals surface area contributed by atoms with E-state index in [9.17, 15) is 4.79 Å². The molecular weight excluding hydrogens is 292 g/mol. The molecule has 1 saturated carbocycles. The number of halogens is 1. The van der Waals surface area contributed by atoms with Gasteiger partial charge in [0.25, 0.3) is 5.91 Å². The minimum absolute atomic E-state index is 0.120. The quantitative estimate of drug-likeness (QED) is 0.931. The fraction of sp³-hybridized carbons (Fsp3) is 0.500.